The van der Waals surface area contributed by atoms with E-state index in [1.54, 1.807) is 6.92 Å². The number of ketones is 1. The van der Waals surface area contributed by atoms with Gasteiger partial charge in [-0.25, -0.2) is 0 Å². The SMILES string of the molecule is Cc1nnc(SCC(=O)C(C)(C)C)o1. The summed E-state index contributed by atoms with van der Waals surface area (Å²) in [5, 5.41) is 7.93. The van der Waals surface area contributed by atoms with Gasteiger partial charge in [0, 0.05) is 12.3 Å². The van der Waals surface area contributed by atoms with Crippen molar-refractivity contribution in [1.82, 2.24) is 10.2 Å². The van der Waals surface area contributed by atoms with Crippen LogP contribution in [0.2, 0.25) is 0 Å². The molecule has 0 N–H and O–H groups in total. The lowest BCUT2D eigenvalue weighted by Crippen LogP contribution is -2.21. The average Bonchev–Trinajstić information content (AvgIpc) is 2.45. The van der Waals surface area contributed by atoms with Crippen LogP contribution in [0.4, 0.5) is 0 Å². The molecule has 1 aromatic rings. The molecular formula is C9H14N2O2S. The molecule has 5 heteroatoms. The fourth-order valence-corrected chi connectivity index (χ4v) is 1.65. The van der Waals surface area contributed by atoms with E-state index < -0.39 is 0 Å². The molecule has 0 aliphatic rings. The largest absolute Gasteiger partial charge is 0.416 e. The topological polar surface area (TPSA) is 56.0 Å². The van der Waals surface area contributed by atoms with Crippen molar-refractivity contribution in [2.24, 2.45) is 5.41 Å². The van der Waals surface area contributed by atoms with Gasteiger partial charge in [-0.15, -0.1) is 10.2 Å². The minimum absolute atomic E-state index is 0.179. The fourth-order valence-electron chi connectivity index (χ4n) is 0.681. The Kier molecular flexibility index (Phi) is 3.31. The predicted molar refractivity (Wildman–Crippen MR) is 54.2 cm³/mol. The van der Waals surface area contributed by atoms with Crippen molar-refractivity contribution >= 4 is 17.5 Å². The van der Waals surface area contributed by atoms with Gasteiger partial charge in [-0.1, -0.05) is 32.5 Å². The molecule has 0 saturated heterocycles. The molecule has 14 heavy (non-hydrogen) atoms. The van der Waals surface area contributed by atoms with Crippen LogP contribution in [0.1, 0.15) is 26.7 Å². The first-order valence-electron chi connectivity index (χ1n) is 4.36. The van der Waals surface area contributed by atoms with Crippen LogP contribution in [0.25, 0.3) is 0 Å². The van der Waals surface area contributed by atoms with Gasteiger partial charge < -0.3 is 4.42 Å². The van der Waals surface area contributed by atoms with E-state index in [2.05, 4.69) is 10.2 Å². The summed E-state index contributed by atoms with van der Waals surface area (Å²) in [5.41, 5.74) is -0.304. The highest BCUT2D eigenvalue weighted by Crippen LogP contribution is 2.22. The van der Waals surface area contributed by atoms with Crippen LogP contribution in [-0.4, -0.2) is 21.7 Å². The number of aryl methyl sites for hydroxylation is 1. The van der Waals surface area contributed by atoms with E-state index in [0.29, 0.717) is 16.9 Å². The summed E-state index contributed by atoms with van der Waals surface area (Å²) < 4.78 is 5.14. The molecule has 1 heterocycles. The van der Waals surface area contributed by atoms with Crippen molar-refractivity contribution in [3.05, 3.63) is 5.89 Å². The van der Waals surface area contributed by atoms with Crippen molar-refractivity contribution < 1.29 is 9.21 Å². The monoisotopic (exact) mass is 214 g/mol. The van der Waals surface area contributed by atoms with Crippen LogP contribution in [0.3, 0.4) is 0 Å². The molecule has 4 nitrogen and oxygen atoms in total. The highest BCUT2D eigenvalue weighted by molar-refractivity contribution is 7.99. The number of Topliss-reactive ketones (excluding diaryl/α,β-unsaturated/α-hetero) is 1. The third-order valence-corrected chi connectivity index (χ3v) is 2.49. The van der Waals surface area contributed by atoms with Crippen LogP contribution in [-0.2, 0) is 4.79 Å². The second-order valence-corrected chi connectivity index (χ2v) is 4.98. The molecule has 78 valence electrons. The number of hydrogen-bond donors (Lipinski definition) is 0. The van der Waals surface area contributed by atoms with E-state index in [1.165, 1.54) is 11.8 Å². The number of rotatable bonds is 3. The number of carbonyl (C=O) groups excluding carboxylic acids is 1. The Morgan fingerprint density at radius 2 is 2.07 bits per heavy atom. The molecule has 0 saturated carbocycles. The second-order valence-electron chi connectivity index (χ2n) is 4.05. The predicted octanol–water partition coefficient (Wildman–Crippen LogP) is 2.09. The van der Waals surface area contributed by atoms with Crippen LogP contribution in [0, 0.1) is 12.3 Å². The summed E-state index contributed by atoms with van der Waals surface area (Å²) in [5.74, 6) is 1.08. The maximum absolute atomic E-state index is 11.5. The molecule has 0 radical (unpaired) electrons. The second kappa shape index (κ2) is 4.13. The van der Waals surface area contributed by atoms with Crippen LogP contribution in [0.15, 0.2) is 9.64 Å². The van der Waals surface area contributed by atoms with E-state index in [9.17, 15) is 4.79 Å². The van der Waals surface area contributed by atoms with E-state index in [0.717, 1.165) is 0 Å². The van der Waals surface area contributed by atoms with E-state index in [-0.39, 0.29) is 11.2 Å². The van der Waals surface area contributed by atoms with Gasteiger partial charge >= 0.3 is 0 Å². The lowest BCUT2D eigenvalue weighted by molar-refractivity contribution is -0.123. The van der Waals surface area contributed by atoms with Crippen molar-refractivity contribution in [3.8, 4) is 0 Å². The summed E-state index contributed by atoms with van der Waals surface area (Å²) in [6.07, 6.45) is 0. The Morgan fingerprint density at radius 3 is 2.50 bits per heavy atom. The van der Waals surface area contributed by atoms with Crippen molar-refractivity contribution in [2.45, 2.75) is 32.9 Å². The molecule has 1 rings (SSSR count). The van der Waals surface area contributed by atoms with Gasteiger partial charge in [0.25, 0.3) is 5.22 Å². The van der Waals surface area contributed by atoms with Crippen LogP contribution >= 0.6 is 11.8 Å². The average molecular weight is 214 g/mol. The molecule has 0 amide bonds. The molecule has 0 unspecified atom stereocenters. The number of nitrogens with zero attached hydrogens (tertiary/aromatic N) is 2. The lowest BCUT2D eigenvalue weighted by Gasteiger charge is -2.14. The molecular weight excluding hydrogens is 200 g/mol. The summed E-state index contributed by atoms with van der Waals surface area (Å²) in [7, 11) is 0. The molecule has 1 aromatic heterocycles. The number of aromatic nitrogens is 2. The first-order valence-corrected chi connectivity index (χ1v) is 5.34. The van der Waals surface area contributed by atoms with Crippen LogP contribution in [0.5, 0.6) is 0 Å². The van der Waals surface area contributed by atoms with E-state index in [4.69, 9.17) is 4.42 Å². The van der Waals surface area contributed by atoms with E-state index >= 15 is 0 Å². The summed E-state index contributed by atoms with van der Waals surface area (Å²) in [4.78, 5) is 11.5. The van der Waals surface area contributed by atoms with Gasteiger partial charge in [-0.05, 0) is 0 Å². The van der Waals surface area contributed by atoms with Gasteiger partial charge in [-0.2, -0.15) is 0 Å². The lowest BCUT2D eigenvalue weighted by atomic mass is 9.92. The summed E-state index contributed by atoms with van der Waals surface area (Å²) >= 11 is 1.29. The van der Waals surface area contributed by atoms with E-state index in [1.807, 2.05) is 20.8 Å². The molecule has 0 aliphatic heterocycles. The van der Waals surface area contributed by atoms with Gasteiger partial charge in [0.2, 0.25) is 5.89 Å². The highest BCUT2D eigenvalue weighted by Gasteiger charge is 2.21. The minimum atomic E-state index is -0.304. The third-order valence-electron chi connectivity index (χ3n) is 1.67. The normalized spacial score (nSPS) is 11.7. The van der Waals surface area contributed by atoms with Crippen molar-refractivity contribution in [2.75, 3.05) is 5.75 Å². The zero-order chi connectivity index (χ0) is 10.8. The number of thioether (sulfide) groups is 1. The molecule has 0 spiro atoms. The van der Waals surface area contributed by atoms with Gasteiger partial charge in [0.1, 0.15) is 5.78 Å². The zero-order valence-corrected chi connectivity index (χ0v) is 9.64. The Labute approximate surface area is 87.5 Å². The first kappa shape index (κ1) is 11.2. The Bertz CT molecular complexity index is 328. The van der Waals surface area contributed by atoms with Crippen LogP contribution < -0.4 is 0 Å². The first-order chi connectivity index (χ1) is 6.39. The number of hydrogen-bond acceptors (Lipinski definition) is 5. The quantitative estimate of drug-likeness (QED) is 0.721. The standard InChI is InChI=1S/C9H14N2O2S/c1-6-10-11-8(13-6)14-5-7(12)9(2,3)4/h5H2,1-4H3. The van der Waals surface area contributed by atoms with Gasteiger partial charge in [-0.3, -0.25) is 4.79 Å². The molecule has 0 fully saturated rings. The summed E-state index contributed by atoms with van der Waals surface area (Å²) in [6.45, 7) is 7.42. The van der Waals surface area contributed by atoms with Gasteiger partial charge in [0.15, 0.2) is 0 Å². The van der Waals surface area contributed by atoms with Crippen molar-refractivity contribution in [1.29, 1.82) is 0 Å². The van der Waals surface area contributed by atoms with Gasteiger partial charge in [0.05, 0.1) is 5.75 Å². The molecule has 0 bridgehead atoms. The summed E-state index contributed by atoms with van der Waals surface area (Å²) in [6, 6.07) is 0. The number of carbonyl (C=O) groups is 1. The molecule has 0 aliphatic carbocycles. The third kappa shape index (κ3) is 3.14. The highest BCUT2D eigenvalue weighted by atomic mass is 32.2. The molecule has 0 atom stereocenters. The van der Waals surface area contributed by atoms with Crippen molar-refractivity contribution in [3.63, 3.8) is 0 Å². The maximum Gasteiger partial charge on any atom is 0.276 e. The fraction of sp³-hybridized carbons (Fsp3) is 0.667. The minimum Gasteiger partial charge on any atom is -0.416 e. The smallest absolute Gasteiger partial charge is 0.276 e. The zero-order valence-electron chi connectivity index (χ0n) is 8.83. The Balaban J connectivity index is 2.46. The molecule has 0 aromatic carbocycles. The maximum atomic E-state index is 11.5. The Hall–Kier alpha value is -0.840. The Morgan fingerprint density at radius 1 is 1.43 bits per heavy atom.